The van der Waals surface area contributed by atoms with Gasteiger partial charge in [-0.15, -0.1) is 24.0 Å². The van der Waals surface area contributed by atoms with Gasteiger partial charge in [-0.25, -0.2) is 0 Å². The van der Waals surface area contributed by atoms with E-state index in [1.165, 1.54) is 18.4 Å². The van der Waals surface area contributed by atoms with E-state index in [1.807, 2.05) is 12.1 Å². The van der Waals surface area contributed by atoms with Crippen molar-refractivity contribution < 1.29 is 4.74 Å². The van der Waals surface area contributed by atoms with Crippen molar-refractivity contribution >= 4 is 29.9 Å². The fourth-order valence-corrected chi connectivity index (χ4v) is 2.77. The third-order valence-electron chi connectivity index (χ3n) is 4.21. The van der Waals surface area contributed by atoms with E-state index in [0.29, 0.717) is 0 Å². The number of piperidine rings is 1. The van der Waals surface area contributed by atoms with Crippen LogP contribution >= 0.6 is 24.0 Å². The number of methoxy groups -OCH3 is 1. The van der Waals surface area contributed by atoms with Crippen molar-refractivity contribution in [1.82, 2.24) is 10.2 Å². The Labute approximate surface area is 157 Å². The molecule has 4 nitrogen and oxygen atoms in total. The first kappa shape index (κ1) is 20.1. The molecule has 1 N–H and O–H groups in total. The summed E-state index contributed by atoms with van der Waals surface area (Å²) >= 11 is 0. The quantitative estimate of drug-likeness (QED) is 0.440. The lowest BCUT2D eigenvalue weighted by molar-refractivity contribution is 0.273. The van der Waals surface area contributed by atoms with Crippen molar-refractivity contribution in [3.05, 3.63) is 29.8 Å². The van der Waals surface area contributed by atoms with E-state index in [-0.39, 0.29) is 24.0 Å². The van der Waals surface area contributed by atoms with Crippen molar-refractivity contribution in [2.24, 2.45) is 10.9 Å². The average Bonchev–Trinajstić information content (AvgIpc) is 2.55. The second kappa shape index (κ2) is 10.7. The minimum absolute atomic E-state index is 0. The summed E-state index contributed by atoms with van der Waals surface area (Å²) in [7, 11) is 1.71. The molecule has 1 aliphatic heterocycles. The van der Waals surface area contributed by atoms with Gasteiger partial charge in [0, 0.05) is 26.2 Å². The van der Waals surface area contributed by atoms with Gasteiger partial charge in [0.15, 0.2) is 5.96 Å². The number of guanidine groups is 1. The molecule has 1 aromatic carbocycles. The topological polar surface area (TPSA) is 36.9 Å². The molecule has 1 heterocycles. The van der Waals surface area contributed by atoms with Gasteiger partial charge in [0.05, 0.1) is 7.11 Å². The number of halogens is 1. The largest absolute Gasteiger partial charge is 0.497 e. The predicted molar refractivity (Wildman–Crippen MR) is 108 cm³/mol. The highest BCUT2D eigenvalue weighted by Crippen LogP contribution is 2.16. The molecular weight excluding hydrogens is 401 g/mol. The molecule has 0 amide bonds. The first-order chi connectivity index (χ1) is 10.7. The summed E-state index contributed by atoms with van der Waals surface area (Å²) in [6, 6.07) is 8.24. The molecule has 0 bridgehead atoms. The van der Waals surface area contributed by atoms with Crippen LogP contribution in [0.4, 0.5) is 0 Å². The first-order valence-corrected chi connectivity index (χ1v) is 8.39. The zero-order valence-corrected chi connectivity index (χ0v) is 16.9. The standard InChI is InChI=1S/C18H29N3O.HI/c1-4-19-18(21-12-9-15(2)10-13-21)20-11-8-16-6-5-7-17(14-16)22-3;/h5-7,14-15H,4,8-13H2,1-3H3,(H,19,20);1H. The smallest absolute Gasteiger partial charge is 0.193 e. The average molecular weight is 431 g/mol. The highest BCUT2D eigenvalue weighted by molar-refractivity contribution is 14.0. The van der Waals surface area contributed by atoms with Crippen molar-refractivity contribution in [2.45, 2.75) is 33.1 Å². The van der Waals surface area contributed by atoms with Crippen LogP contribution in [-0.2, 0) is 6.42 Å². The van der Waals surface area contributed by atoms with E-state index in [0.717, 1.165) is 50.2 Å². The second-order valence-corrected chi connectivity index (χ2v) is 6.01. The zero-order chi connectivity index (χ0) is 15.8. The molecule has 0 unspecified atom stereocenters. The SMILES string of the molecule is CCNC(=NCCc1cccc(OC)c1)N1CCC(C)CC1.I. The summed E-state index contributed by atoms with van der Waals surface area (Å²) < 4.78 is 5.27. The Morgan fingerprint density at radius 1 is 1.35 bits per heavy atom. The van der Waals surface area contributed by atoms with Gasteiger partial charge >= 0.3 is 0 Å². The normalized spacial score (nSPS) is 16.0. The fraction of sp³-hybridized carbons (Fsp3) is 0.611. The molecule has 0 radical (unpaired) electrons. The summed E-state index contributed by atoms with van der Waals surface area (Å²) in [5, 5.41) is 3.43. The maximum atomic E-state index is 5.27. The van der Waals surface area contributed by atoms with Gasteiger partial charge in [0.2, 0.25) is 0 Å². The Kier molecular flexibility index (Phi) is 9.36. The summed E-state index contributed by atoms with van der Waals surface area (Å²) in [4.78, 5) is 7.20. The van der Waals surface area contributed by atoms with Gasteiger partial charge in [-0.3, -0.25) is 4.99 Å². The van der Waals surface area contributed by atoms with Crippen LogP contribution in [0.5, 0.6) is 5.75 Å². The molecule has 130 valence electrons. The van der Waals surface area contributed by atoms with E-state index in [2.05, 4.69) is 36.2 Å². The van der Waals surface area contributed by atoms with Crippen LogP contribution in [0.1, 0.15) is 32.3 Å². The summed E-state index contributed by atoms with van der Waals surface area (Å²) in [5.74, 6) is 2.83. The fourth-order valence-electron chi connectivity index (χ4n) is 2.77. The van der Waals surface area contributed by atoms with Crippen LogP contribution in [0.2, 0.25) is 0 Å². The number of ether oxygens (including phenoxy) is 1. The Morgan fingerprint density at radius 3 is 2.74 bits per heavy atom. The molecule has 0 saturated carbocycles. The number of aliphatic imine (C=N–C) groups is 1. The summed E-state index contributed by atoms with van der Waals surface area (Å²) in [6.45, 7) is 8.43. The van der Waals surface area contributed by atoms with Crippen LogP contribution in [-0.4, -0.2) is 44.1 Å². The number of nitrogens with one attached hydrogen (secondary N) is 1. The van der Waals surface area contributed by atoms with E-state index in [9.17, 15) is 0 Å². The van der Waals surface area contributed by atoms with E-state index in [4.69, 9.17) is 9.73 Å². The van der Waals surface area contributed by atoms with E-state index in [1.54, 1.807) is 7.11 Å². The molecule has 1 fully saturated rings. The number of hydrogen-bond acceptors (Lipinski definition) is 2. The van der Waals surface area contributed by atoms with Crippen LogP contribution in [0, 0.1) is 5.92 Å². The Hall–Kier alpha value is -0.980. The second-order valence-electron chi connectivity index (χ2n) is 6.01. The van der Waals surface area contributed by atoms with Crippen molar-refractivity contribution in [2.75, 3.05) is 33.3 Å². The van der Waals surface area contributed by atoms with Crippen LogP contribution in [0.3, 0.4) is 0 Å². The van der Waals surface area contributed by atoms with Crippen molar-refractivity contribution in [1.29, 1.82) is 0 Å². The molecule has 5 heteroatoms. The Morgan fingerprint density at radius 2 is 2.09 bits per heavy atom. The molecule has 2 rings (SSSR count). The minimum atomic E-state index is 0. The maximum Gasteiger partial charge on any atom is 0.193 e. The predicted octanol–water partition coefficient (Wildman–Crippen LogP) is 3.55. The van der Waals surface area contributed by atoms with E-state index < -0.39 is 0 Å². The third-order valence-corrected chi connectivity index (χ3v) is 4.21. The van der Waals surface area contributed by atoms with Gasteiger partial charge < -0.3 is 15.0 Å². The molecule has 23 heavy (non-hydrogen) atoms. The van der Waals surface area contributed by atoms with Gasteiger partial charge in [-0.05, 0) is 49.8 Å². The van der Waals surface area contributed by atoms with Crippen LogP contribution < -0.4 is 10.1 Å². The maximum absolute atomic E-state index is 5.27. The molecule has 1 saturated heterocycles. The van der Waals surface area contributed by atoms with Crippen LogP contribution in [0.25, 0.3) is 0 Å². The molecule has 0 aromatic heterocycles. The number of hydrogen-bond donors (Lipinski definition) is 1. The number of nitrogens with zero attached hydrogens (tertiary/aromatic N) is 2. The Balaban J connectivity index is 0.00000264. The summed E-state index contributed by atoms with van der Waals surface area (Å²) in [5.41, 5.74) is 1.27. The number of benzene rings is 1. The number of likely N-dealkylation sites (tertiary alicyclic amines) is 1. The minimum Gasteiger partial charge on any atom is -0.497 e. The highest BCUT2D eigenvalue weighted by Gasteiger charge is 2.18. The lowest BCUT2D eigenvalue weighted by Crippen LogP contribution is -2.45. The molecular formula is C18H30IN3O. The molecule has 0 spiro atoms. The van der Waals surface area contributed by atoms with Gasteiger partial charge in [-0.2, -0.15) is 0 Å². The third kappa shape index (κ3) is 6.57. The lowest BCUT2D eigenvalue weighted by Gasteiger charge is -2.33. The zero-order valence-electron chi connectivity index (χ0n) is 14.5. The molecule has 0 aliphatic carbocycles. The van der Waals surface area contributed by atoms with E-state index >= 15 is 0 Å². The summed E-state index contributed by atoms with van der Waals surface area (Å²) in [6.07, 6.45) is 3.47. The van der Waals surface area contributed by atoms with Gasteiger partial charge in [-0.1, -0.05) is 19.1 Å². The molecule has 1 aromatic rings. The van der Waals surface area contributed by atoms with Crippen molar-refractivity contribution in [3.63, 3.8) is 0 Å². The Bertz CT molecular complexity index is 485. The highest BCUT2D eigenvalue weighted by atomic mass is 127. The first-order valence-electron chi connectivity index (χ1n) is 8.39. The van der Waals surface area contributed by atoms with Gasteiger partial charge in [0.1, 0.15) is 5.75 Å². The molecule has 1 aliphatic rings. The van der Waals surface area contributed by atoms with Crippen LogP contribution in [0.15, 0.2) is 29.3 Å². The van der Waals surface area contributed by atoms with Crippen molar-refractivity contribution in [3.8, 4) is 5.75 Å². The number of rotatable bonds is 5. The van der Waals surface area contributed by atoms with Gasteiger partial charge in [0.25, 0.3) is 0 Å². The monoisotopic (exact) mass is 431 g/mol. The molecule has 0 atom stereocenters. The lowest BCUT2D eigenvalue weighted by atomic mass is 10.00.